The average Bonchev–Trinajstić information content (AvgIpc) is 2.67. The minimum atomic E-state index is -0.603. The summed E-state index contributed by atoms with van der Waals surface area (Å²) in [5.41, 5.74) is 1.20. The van der Waals surface area contributed by atoms with Gasteiger partial charge in [-0.3, -0.25) is 4.79 Å². The van der Waals surface area contributed by atoms with Gasteiger partial charge in [-0.25, -0.2) is 4.39 Å². The van der Waals surface area contributed by atoms with Crippen LogP contribution in [0.25, 0.3) is 0 Å². The number of hydrogen-bond donors (Lipinski definition) is 1. The Balaban J connectivity index is 2.36. The second-order valence-corrected chi connectivity index (χ2v) is 6.32. The Morgan fingerprint density at radius 3 is 2.80 bits per heavy atom. The molecule has 0 atom stereocenters. The van der Waals surface area contributed by atoms with E-state index in [4.69, 9.17) is 5.26 Å². The quantitative estimate of drug-likeness (QED) is 0.871. The van der Waals surface area contributed by atoms with Gasteiger partial charge in [-0.1, -0.05) is 15.9 Å². The summed E-state index contributed by atoms with van der Waals surface area (Å²) in [6, 6.07) is 6.20. The summed E-state index contributed by atoms with van der Waals surface area (Å²) in [5.74, 6) is -1.17. The third-order valence-corrected chi connectivity index (χ3v) is 4.51. The lowest BCUT2D eigenvalue weighted by molar-refractivity contribution is 0.102. The average molecular weight is 353 g/mol. The van der Waals surface area contributed by atoms with Crippen LogP contribution in [0.4, 0.5) is 9.39 Å². The first kappa shape index (κ1) is 14.7. The second kappa shape index (κ2) is 5.73. The fourth-order valence-electron chi connectivity index (χ4n) is 1.69. The van der Waals surface area contributed by atoms with Crippen molar-refractivity contribution >= 4 is 38.2 Å². The van der Waals surface area contributed by atoms with Gasteiger partial charge in [-0.05, 0) is 37.6 Å². The highest BCUT2D eigenvalue weighted by Gasteiger charge is 2.17. The Labute approximate surface area is 128 Å². The van der Waals surface area contributed by atoms with Crippen molar-refractivity contribution in [1.82, 2.24) is 0 Å². The zero-order valence-corrected chi connectivity index (χ0v) is 13.2. The molecule has 1 heterocycles. The number of rotatable bonds is 2. The van der Waals surface area contributed by atoms with E-state index in [-0.39, 0.29) is 5.56 Å². The molecule has 0 fully saturated rings. The van der Waals surface area contributed by atoms with Crippen molar-refractivity contribution in [3.63, 3.8) is 0 Å². The van der Waals surface area contributed by atoms with Crippen molar-refractivity contribution in [3.8, 4) is 6.07 Å². The maximum absolute atomic E-state index is 13.6. The van der Waals surface area contributed by atoms with E-state index in [1.54, 1.807) is 0 Å². The third kappa shape index (κ3) is 2.74. The highest BCUT2D eigenvalue weighted by atomic mass is 79.9. The molecule has 2 rings (SSSR count). The van der Waals surface area contributed by atoms with Gasteiger partial charge in [0.15, 0.2) is 0 Å². The zero-order chi connectivity index (χ0) is 14.9. The molecule has 102 valence electrons. The summed E-state index contributed by atoms with van der Waals surface area (Å²) < 4.78 is 14.3. The van der Waals surface area contributed by atoms with Crippen molar-refractivity contribution in [2.24, 2.45) is 0 Å². The van der Waals surface area contributed by atoms with Gasteiger partial charge in [0.1, 0.15) is 16.9 Å². The molecule has 20 heavy (non-hydrogen) atoms. The van der Waals surface area contributed by atoms with E-state index in [9.17, 15) is 9.18 Å². The van der Waals surface area contributed by atoms with Gasteiger partial charge < -0.3 is 5.32 Å². The van der Waals surface area contributed by atoms with E-state index in [1.165, 1.54) is 29.5 Å². The van der Waals surface area contributed by atoms with Crippen LogP contribution in [0.1, 0.15) is 26.4 Å². The summed E-state index contributed by atoms with van der Waals surface area (Å²) in [6.45, 7) is 3.69. The largest absolute Gasteiger partial charge is 0.312 e. The van der Waals surface area contributed by atoms with E-state index in [2.05, 4.69) is 27.3 Å². The number of benzene rings is 1. The molecule has 0 saturated heterocycles. The summed E-state index contributed by atoms with van der Waals surface area (Å²) in [6.07, 6.45) is 0. The molecular formula is C14H10BrFN2OS. The van der Waals surface area contributed by atoms with E-state index < -0.39 is 11.7 Å². The number of carbonyl (C=O) groups is 1. The van der Waals surface area contributed by atoms with Gasteiger partial charge in [-0.15, -0.1) is 11.3 Å². The lowest BCUT2D eigenvalue weighted by Crippen LogP contribution is -2.13. The molecule has 1 amide bonds. The number of nitriles is 1. The number of nitrogens with one attached hydrogen (secondary N) is 1. The van der Waals surface area contributed by atoms with Crippen LogP contribution in [0.15, 0.2) is 22.7 Å². The summed E-state index contributed by atoms with van der Waals surface area (Å²) >= 11 is 4.51. The number of aryl methyl sites for hydroxylation is 1. The Morgan fingerprint density at radius 2 is 2.15 bits per heavy atom. The van der Waals surface area contributed by atoms with Crippen molar-refractivity contribution in [3.05, 3.63) is 50.1 Å². The zero-order valence-electron chi connectivity index (χ0n) is 10.8. The molecule has 3 nitrogen and oxygen atoms in total. The Morgan fingerprint density at radius 1 is 1.45 bits per heavy atom. The fraction of sp³-hybridized carbons (Fsp3) is 0.143. The SMILES string of the molecule is Cc1sc(NC(=O)c2cc(Br)ccc2F)c(C#N)c1C. The molecule has 0 saturated carbocycles. The topological polar surface area (TPSA) is 52.9 Å². The molecule has 6 heteroatoms. The summed E-state index contributed by atoms with van der Waals surface area (Å²) in [7, 11) is 0. The smallest absolute Gasteiger partial charge is 0.259 e. The Kier molecular flexibility index (Phi) is 4.21. The number of carbonyl (C=O) groups excluding carboxylic acids is 1. The Hall–Kier alpha value is -1.71. The molecule has 1 aromatic heterocycles. The van der Waals surface area contributed by atoms with Crippen LogP contribution < -0.4 is 5.32 Å². The first-order valence-electron chi connectivity index (χ1n) is 5.70. The molecule has 0 aliphatic carbocycles. The maximum atomic E-state index is 13.6. The minimum Gasteiger partial charge on any atom is -0.312 e. The Bertz CT molecular complexity index is 734. The van der Waals surface area contributed by atoms with Crippen LogP contribution in [0.3, 0.4) is 0 Å². The lowest BCUT2D eigenvalue weighted by atomic mass is 10.1. The molecule has 0 bridgehead atoms. The van der Waals surface area contributed by atoms with Gasteiger partial charge in [0.25, 0.3) is 5.91 Å². The molecule has 1 aromatic carbocycles. The molecule has 2 aromatic rings. The highest BCUT2D eigenvalue weighted by molar-refractivity contribution is 9.10. The number of amides is 1. The molecule has 0 radical (unpaired) electrons. The van der Waals surface area contributed by atoms with E-state index in [0.29, 0.717) is 15.0 Å². The minimum absolute atomic E-state index is 0.0630. The van der Waals surface area contributed by atoms with Gasteiger partial charge in [0.2, 0.25) is 0 Å². The maximum Gasteiger partial charge on any atom is 0.259 e. The van der Waals surface area contributed by atoms with E-state index in [0.717, 1.165) is 10.4 Å². The van der Waals surface area contributed by atoms with Crippen LogP contribution in [0.5, 0.6) is 0 Å². The third-order valence-electron chi connectivity index (χ3n) is 2.90. The van der Waals surface area contributed by atoms with Crippen LogP contribution >= 0.6 is 27.3 Å². The monoisotopic (exact) mass is 352 g/mol. The standard InChI is InChI=1S/C14H10BrFN2OS/c1-7-8(2)20-14(11(7)6-17)18-13(19)10-5-9(15)3-4-12(10)16/h3-5H,1-2H3,(H,18,19). The first-order valence-corrected chi connectivity index (χ1v) is 7.31. The van der Waals surface area contributed by atoms with Crippen LogP contribution in [-0.4, -0.2) is 5.91 Å². The summed E-state index contributed by atoms with van der Waals surface area (Å²) in [4.78, 5) is 13.1. The normalized spacial score (nSPS) is 10.2. The molecule has 0 aliphatic rings. The van der Waals surface area contributed by atoms with Crippen molar-refractivity contribution in [2.75, 3.05) is 5.32 Å². The number of halogens is 2. The molecule has 1 N–H and O–H groups in total. The summed E-state index contributed by atoms with van der Waals surface area (Å²) in [5, 5.41) is 12.2. The predicted octanol–water partition coefficient (Wildman–Crippen LogP) is 4.39. The number of hydrogen-bond acceptors (Lipinski definition) is 3. The second-order valence-electron chi connectivity index (χ2n) is 4.18. The lowest BCUT2D eigenvalue weighted by Gasteiger charge is -2.05. The van der Waals surface area contributed by atoms with E-state index in [1.807, 2.05) is 13.8 Å². The van der Waals surface area contributed by atoms with Crippen molar-refractivity contribution < 1.29 is 9.18 Å². The van der Waals surface area contributed by atoms with Gasteiger partial charge in [0.05, 0.1) is 11.1 Å². The van der Waals surface area contributed by atoms with E-state index >= 15 is 0 Å². The van der Waals surface area contributed by atoms with Gasteiger partial charge >= 0.3 is 0 Å². The highest BCUT2D eigenvalue weighted by Crippen LogP contribution is 2.32. The first-order chi connectivity index (χ1) is 9.43. The number of thiophene rings is 1. The van der Waals surface area contributed by atoms with Crippen molar-refractivity contribution in [1.29, 1.82) is 5.26 Å². The molecule has 0 spiro atoms. The predicted molar refractivity (Wildman–Crippen MR) is 80.6 cm³/mol. The molecule has 0 unspecified atom stereocenters. The van der Waals surface area contributed by atoms with Crippen molar-refractivity contribution in [2.45, 2.75) is 13.8 Å². The number of nitrogens with zero attached hydrogens (tertiary/aromatic N) is 1. The van der Waals surface area contributed by atoms with Crippen LogP contribution in [0, 0.1) is 31.0 Å². The molecule has 0 aliphatic heterocycles. The van der Waals surface area contributed by atoms with Crippen LogP contribution in [0.2, 0.25) is 0 Å². The van der Waals surface area contributed by atoms with Crippen LogP contribution in [-0.2, 0) is 0 Å². The van der Waals surface area contributed by atoms with Gasteiger partial charge in [0, 0.05) is 9.35 Å². The fourth-order valence-corrected chi connectivity index (χ4v) is 3.06. The number of anilines is 1. The van der Waals surface area contributed by atoms with Gasteiger partial charge in [-0.2, -0.15) is 5.26 Å². The molecular weight excluding hydrogens is 343 g/mol.